The molecule has 5 nitrogen and oxygen atoms in total. The summed E-state index contributed by atoms with van der Waals surface area (Å²) in [5.41, 5.74) is 2.24. The molecular formula is C23H31N3O2. The van der Waals surface area contributed by atoms with Gasteiger partial charge in [-0.3, -0.25) is 4.79 Å². The molecule has 0 radical (unpaired) electrons. The van der Waals surface area contributed by atoms with E-state index in [1.807, 2.05) is 12.1 Å². The Labute approximate surface area is 167 Å². The van der Waals surface area contributed by atoms with E-state index in [0.717, 1.165) is 18.4 Å². The zero-order valence-corrected chi connectivity index (χ0v) is 17.2. The minimum absolute atomic E-state index is 0.239. The number of rotatable bonds is 5. The van der Waals surface area contributed by atoms with Gasteiger partial charge in [-0.05, 0) is 43.6 Å². The second-order valence-electron chi connectivity index (χ2n) is 8.79. The zero-order chi connectivity index (χ0) is 19.7. The molecule has 1 aliphatic carbocycles. The smallest absolute Gasteiger partial charge is 0.227 e. The standard InChI is InChI=1S/C23H31N3O2/c1-15(2)17-8-10-18(11-9-17)23-24-21(28-25-23)12-13-22(27)26-16(3)14-19-6-4-5-7-20(19)26/h8-11,15-16,19-20H,4-7,12-14H2,1-3H3. The molecule has 4 rings (SSSR count). The maximum atomic E-state index is 12.9. The lowest BCUT2D eigenvalue weighted by atomic mass is 9.85. The number of aromatic nitrogens is 2. The molecule has 28 heavy (non-hydrogen) atoms. The Morgan fingerprint density at radius 3 is 2.71 bits per heavy atom. The van der Waals surface area contributed by atoms with Crippen LogP contribution in [0.4, 0.5) is 0 Å². The third kappa shape index (κ3) is 3.85. The van der Waals surface area contributed by atoms with Gasteiger partial charge in [0.25, 0.3) is 0 Å². The van der Waals surface area contributed by atoms with Gasteiger partial charge in [-0.15, -0.1) is 0 Å². The zero-order valence-electron chi connectivity index (χ0n) is 17.2. The minimum atomic E-state index is 0.239. The minimum Gasteiger partial charge on any atom is -0.339 e. The summed E-state index contributed by atoms with van der Waals surface area (Å²) in [7, 11) is 0. The van der Waals surface area contributed by atoms with Crippen molar-refractivity contribution in [1.29, 1.82) is 0 Å². The van der Waals surface area contributed by atoms with E-state index < -0.39 is 0 Å². The van der Waals surface area contributed by atoms with Gasteiger partial charge in [0.05, 0.1) is 0 Å². The van der Waals surface area contributed by atoms with Crippen molar-refractivity contribution in [2.45, 2.75) is 83.7 Å². The summed E-state index contributed by atoms with van der Waals surface area (Å²) in [5, 5.41) is 4.11. The van der Waals surface area contributed by atoms with Crippen molar-refractivity contribution < 1.29 is 9.32 Å². The third-order valence-corrected chi connectivity index (χ3v) is 6.49. The highest BCUT2D eigenvalue weighted by Crippen LogP contribution is 2.39. The lowest BCUT2D eigenvalue weighted by Crippen LogP contribution is -2.42. The summed E-state index contributed by atoms with van der Waals surface area (Å²) >= 11 is 0. The Morgan fingerprint density at radius 1 is 1.21 bits per heavy atom. The Hall–Kier alpha value is -2.17. The number of aryl methyl sites for hydroxylation is 1. The molecule has 0 spiro atoms. The van der Waals surface area contributed by atoms with E-state index in [4.69, 9.17) is 4.52 Å². The van der Waals surface area contributed by atoms with Crippen molar-refractivity contribution in [2.24, 2.45) is 5.92 Å². The van der Waals surface area contributed by atoms with Crippen molar-refractivity contribution in [3.05, 3.63) is 35.7 Å². The topological polar surface area (TPSA) is 59.2 Å². The molecule has 0 bridgehead atoms. The predicted octanol–water partition coefficient (Wildman–Crippen LogP) is 4.97. The highest BCUT2D eigenvalue weighted by atomic mass is 16.5. The van der Waals surface area contributed by atoms with Gasteiger partial charge >= 0.3 is 0 Å². The van der Waals surface area contributed by atoms with Gasteiger partial charge in [-0.25, -0.2) is 0 Å². The molecule has 1 aromatic heterocycles. The lowest BCUT2D eigenvalue weighted by molar-refractivity contribution is -0.134. The van der Waals surface area contributed by atoms with Crippen LogP contribution in [0.15, 0.2) is 28.8 Å². The molecule has 2 fully saturated rings. The number of likely N-dealkylation sites (tertiary alicyclic amines) is 1. The summed E-state index contributed by atoms with van der Waals surface area (Å²) in [5.74, 6) is 2.58. The molecule has 150 valence electrons. The van der Waals surface area contributed by atoms with E-state index in [9.17, 15) is 4.79 Å². The first-order valence-corrected chi connectivity index (χ1v) is 10.8. The normalized spacial score (nSPS) is 24.6. The molecule has 1 aliphatic heterocycles. The summed E-state index contributed by atoms with van der Waals surface area (Å²) in [6.45, 7) is 6.55. The van der Waals surface area contributed by atoms with Crippen LogP contribution in [0.1, 0.15) is 76.7 Å². The van der Waals surface area contributed by atoms with Crippen LogP contribution in [0.2, 0.25) is 0 Å². The molecule has 2 aromatic rings. The monoisotopic (exact) mass is 381 g/mol. The van der Waals surface area contributed by atoms with E-state index in [0.29, 0.717) is 48.5 Å². The van der Waals surface area contributed by atoms with Crippen molar-refractivity contribution in [2.75, 3.05) is 0 Å². The Morgan fingerprint density at radius 2 is 1.96 bits per heavy atom. The highest BCUT2D eigenvalue weighted by Gasteiger charge is 2.42. The first-order valence-electron chi connectivity index (χ1n) is 10.8. The number of carbonyl (C=O) groups excluding carboxylic acids is 1. The van der Waals surface area contributed by atoms with Gasteiger partial charge in [-0.1, -0.05) is 56.1 Å². The van der Waals surface area contributed by atoms with Crippen LogP contribution in [0.25, 0.3) is 11.4 Å². The van der Waals surface area contributed by atoms with Crippen LogP contribution in [-0.2, 0) is 11.2 Å². The molecule has 5 heteroatoms. The van der Waals surface area contributed by atoms with Crippen molar-refractivity contribution >= 4 is 5.91 Å². The number of hydrogen-bond acceptors (Lipinski definition) is 4. The summed E-state index contributed by atoms with van der Waals surface area (Å²) < 4.78 is 5.41. The largest absolute Gasteiger partial charge is 0.339 e. The molecule has 1 aromatic carbocycles. The number of carbonyl (C=O) groups is 1. The second kappa shape index (κ2) is 8.06. The van der Waals surface area contributed by atoms with Crippen LogP contribution < -0.4 is 0 Å². The summed E-state index contributed by atoms with van der Waals surface area (Å²) in [6.07, 6.45) is 7.13. The molecule has 0 N–H and O–H groups in total. The Balaban J connectivity index is 1.37. The van der Waals surface area contributed by atoms with Gasteiger partial charge < -0.3 is 9.42 Å². The van der Waals surface area contributed by atoms with Crippen LogP contribution in [0, 0.1) is 5.92 Å². The number of hydrogen-bond donors (Lipinski definition) is 0. The van der Waals surface area contributed by atoms with Crippen molar-refractivity contribution in [3.8, 4) is 11.4 Å². The molecule has 2 heterocycles. The summed E-state index contributed by atoms with van der Waals surface area (Å²) in [4.78, 5) is 19.6. The maximum absolute atomic E-state index is 12.9. The number of nitrogens with zero attached hydrogens (tertiary/aromatic N) is 3. The van der Waals surface area contributed by atoms with E-state index in [1.165, 1.54) is 24.8 Å². The van der Waals surface area contributed by atoms with Crippen molar-refractivity contribution in [1.82, 2.24) is 15.0 Å². The van der Waals surface area contributed by atoms with E-state index in [1.54, 1.807) is 0 Å². The Bertz CT molecular complexity index is 812. The fraction of sp³-hybridized carbons (Fsp3) is 0.609. The number of benzene rings is 1. The molecule has 3 unspecified atom stereocenters. The van der Waals surface area contributed by atoms with E-state index in [-0.39, 0.29) is 5.91 Å². The SMILES string of the molecule is CC(C)c1ccc(-c2noc(CCC(=O)N3C(C)CC4CCCCC43)n2)cc1. The molecule has 3 atom stereocenters. The second-order valence-corrected chi connectivity index (χ2v) is 8.79. The molecule has 2 aliphatic rings. The van der Waals surface area contributed by atoms with Crippen LogP contribution in [0.5, 0.6) is 0 Å². The lowest BCUT2D eigenvalue weighted by Gasteiger charge is -2.33. The first-order chi connectivity index (χ1) is 13.5. The van der Waals surface area contributed by atoms with Gasteiger partial charge in [0, 0.05) is 30.5 Å². The molecule has 1 saturated heterocycles. The van der Waals surface area contributed by atoms with E-state index in [2.05, 4.69) is 47.9 Å². The van der Waals surface area contributed by atoms with E-state index >= 15 is 0 Å². The third-order valence-electron chi connectivity index (χ3n) is 6.49. The Kier molecular flexibility index (Phi) is 5.51. The number of amides is 1. The first kappa shape index (κ1) is 19.2. The highest BCUT2D eigenvalue weighted by molar-refractivity contribution is 5.77. The number of fused-ring (bicyclic) bond motifs is 1. The van der Waals surface area contributed by atoms with Gasteiger partial charge in [0.15, 0.2) is 0 Å². The molecular weight excluding hydrogens is 350 g/mol. The van der Waals surface area contributed by atoms with Crippen LogP contribution >= 0.6 is 0 Å². The van der Waals surface area contributed by atoms with Gasteiger partial charge in [-0.2, -0.15) is 4.98 Å². The fourth-order valence-corrected chi connectivity index (χ4v) is 4.97. The quantitative estimate of drug-likeness (QED) is 0.733. The predicted molar refractivity (Wildman–Crippen MR) is 109 cm³/mol. The van der Waals surface area contributed by atoms with Gasteiger partial charge in [0.1, 0.15) is 0 Å². The molecule has 1 saturated carbocycles. The van der Waals surface area contributed by atoms with Crippen LogP contribution in [0.3, 0.4) is 0 Å². The summed E-state index contributed by atoms with van der Waals surface area (Å²) in [6, 6.07) is 9.09. The fourth-order valence-electron chi connectivity index (χ4n) is 4.97. The van der Waals surface area contributed by atoms with Crippen LogP contribution in [-0.4, -0.2) is 33.0 Å². The average Bonchev–Trinajstić information content (AvgIpc) is 3.30. The maximum Gasteiger partial charge on any atom is 0.227 e. The van der Waals surface area contributed by atoms with Crippen molar-refractivity contribution in [3.63, 3.8) is 0 Å². The molecule has 1 amide bonds. The van der Waals surface area contributed by atoms with Gasteiger partial charge in [0.2, 0.25) is 17.6 Å². The average molecular weight is 382 g/mol.